The highest BCUT2D eigenvalue weighted by molar-refractivity contribution is 7.21. The molecule has 1 fully saturated rings. The van der Waals surface area contributed by atoms with Gasteiger partial charge in [0, 0.05) is 76.1 Å². The van der Waals surface area contributed by atoms with Crippen molar-refractivity contribution in [1.82, 2.24) is 29.5 Å². The second-order valence-electron chi connectivity index (χ2n) is 9.80. The molecule has 1 N–H and O–H groups in total. The number of nitrogens with zero attached hydrogens (tertiary/aromatic N) is 6. The number of amides is 1. The molecule has 1 amide bonds. The lowest BCUT2D eigenvalue weighted by atomic mass is 10.1. The number of ether oxygens (including phenoxy) is 1. The molecule has 0 saturated carbocycles. The minimum absolute atomic E-state index is 0.190. The van der Waals surface area contributed by atoms with Crippen LogP contribution in [0.25, 0.3) is 26.6 Å². The van der Waals surface area contributed by atoms with E-state index < -0.39 is 0 Å². The summed E-state index contributed by atoms with van der Waals surface area (Å²) in [6.45, 7) is 6.78. The van der Waals surface area contributed by atoms with E-state index in [1.165, 1.54) is 11.3 Å². The summed E-state index contributed by atoms with van der Waals surface area (Å²) in [5.74, 6) is -0.190. The summed E-state index contributed by atoms with van der Waals surface area (Å²) in [5.41, 5.74) is 5.00. The average molecular weight is 554 g/mol. The van der Waals surface area contributed by atoms with Gasteiger partial charge in [0.05, 0.1) is 18.0 Å². The number of aromatic nitrogens is 4. The van der Waals surface area contributed by atoms with Gasteiger partial charge in [0.1, 0.15) is 15.4 Å². The van der Waals surface area contributed by atoms with Crippen LogP contribution in [0, 0.1) is 0 Å². The van der Waals surface area contributed by atoms with E-state index >= 15 is 0 Å². The van der Waals surface area contributed by atoms with Gasteiger partial charge in [0.2, 0.25) is 0 Å². The molecule has 0 aliphatic carbocycles. The van der Waals surface area contributed by atoms with E-state index in [0.29, 0.717) is 11.3 Å². The number of nitrogens with one attached hydrogen (secondary N) is 1. The zero-order valence-electron chi connectivity index (χ0n) is 22.4. The SMILES string of the molecule is COCCN1CCN(Cc2cnc3sc(-c4ccccc4NC(=O)c4cccc(-n5cccn5)c4)nc3c2)CC1. The second-order valence-corrected chi connectivity index (χ2v) is 10.8. The Balaban J connectivity index is 1.17. The number of thiazole rings is 1. The van der Waals surface area contributed by atoms with Gasteiger partial charge < -0.3 is 10.1 Å². The van der Waals surface area contributed by atoms with Crippen LogP contribution in [0.15, 0.2) is 79.3 Å². The number of piperazine rings is 1. The molecule has 40 heavy (non-hydrogen) atoms. The van der Waals surface area contributed by atoms with Gasteiger partial charge in [-0.25, -0.2) is 14.6 Å². The molecule has 0 spiro atoms. The molecule has 4 heterocycles. The molecule has 1 aliphatic rings. The first kappa shape index (κ1) is 26.3. The third-order valence-corrected chi connectivity index (χ3v) is 8.08. The Morgan fingerprint density at radius 2 is 1.88 bits per heavy atom. The summed E-state index contributed by atoms with van der Waals surface area (Å²) in [5, 5.41) is 8.17. The largest absolute Gasteiger partial charge is 0.383 e. The highest BCUT2D eigenvalue weighted by Gasteiger charge is 2.18. The fourth-order valence-electron chi connectivity index (χ4n) is 4.90. The summed E-state index contributed by atoms with van der Waals surface area (Å²) in [7, 11) is 1.75. The first-order chi connectivity index (χ1) is 19.7. The quantitative estimate of drug-likeness (QED) is 0.286. The van der Waals surface area contributed by atoms with E-state index in [0.717, 1.165) is 78.0 Å². The number of carbonyl (C=O) groups is 1. The number of methoxy groups -OCH3 is 1. The molecule has 5 aromatic rings. The molecule has 0 unspecified atom stereocenters. The van der Waals surface area contributed by atoms with Crippen molar-refractivity contribution >= 4 is 33.3 Å². The summed E-state index contributed by atoms with van der Waals surface area (Å²) >= 11 is 1.53. The van der Waals surface area contributed by atoms with Crippen molar-refractivity contribution in [2.75, 3.05) is 51.8 Å². The third kappa shape index (κ3) is 5.95. The van der Waals surface area contributed by atoms with Gasteiger partial charge in [-0.05, 0) is 48.0 Å². The number of para-hydroxylation sites is 1. The number of carbonyl (C=O) groups excluding carboxylic acids is 1. The van der Waals surface area contributed by atoms with E-state index in [9.17, 15) is 4.79 Å². The number of anilines is 1. The monoisotopic (exact) mass is 553 g/mol. The van der Waals surface area contributed by atoms with Crippen molar-refractivity contribution in [2.45, 2.75) is 6.54 Å². The topological polar surface area (TPSA) is 88.4 Å². The molecule has 10 heteroatoms. The minimum atomic E-state index is -0.190. The molecule has 204 valence electrons. The molecular formula is C30H31N7O2S. The van der Waals surface area contributed by atoms with Gasteiger partial charge in [-0.3, -0.25) is 14.6 Å². The predicted molar refractivity (Wildman–Crippen MR) is 158 cm³/mol. The van der Waals surface area contributed by atoms with Crippen molar-refractivity contribution in [3.05, 3.63) is 90.4 Å². The Bertz CT molecular complexity index is 1590. The van der Waals surface area contributed by atoms with Crippen molar-refractivity contribution < 1.29 is 9.53 Å². The van der Waals surface area contributed by atoms with Crippen LogP contribution in [-0.4, -0.2) is 81.9 Å². The molecule has 1 aliphatic heterocycles. The lowest BCUT2D eigenvalue weighted by molar-refractivity contribution is 0.0938. The lowest BCUT2D eigenvalue weighted by Crippen LogP contribution is -2.46. The number of fused-ring (bicyclic) bond motifs is 1. The molecule has 0 atom stereocenters. The molecular weight excluding hydrogens is 522 g/mol. The molecule has 3 aromatic heterocycles. The smallest absolute Gasteiger partial charge is 0.255 e. The van der Waals surface area contributed by atoms with Crippen molar-refractivity contribution in [3.63, 3.8) is 0 Å². The van der Waals surface area contributed by atoms with E-state index in [1.54, 1.807) is 24.1 Å². The van der Waals surface area contributed by atoms with Gasteiger partial charge >= 0.3 is 0 Å². The first-order valence-corrected chi connectivity index (χ1v) is 14.2. The Kier molecular flexibility index (Phi) is 7.92. The Morgan fingerprint density at radius 1 is 1.02 bits per heavy atom. The van der Waals surface area contributed by atoms with Crippen LogP contribution >= 0.6 is 11.3 Å². The van der Waals surface area contributed by atoms with Crippen molar-refractivity contribution in [3.8, 4) is 16.3 Å². The summed E-state index contributed by atoms with van der Waals surface area (Å²) in [4.78, 5) is 28.7. The van der Waals surface area contributed by atoms with Crippen LogP contribution in [0.5, 0.6) is 0 Å². The number of hydrogen-bond donors (Lipinski definition) is 1. The highest BCUT2D eigenvalue weighted by atomic mass is 32.1. The Hall–Kier alpha value is -3.96. The van der Waals surface area contributed by atoms with Gasteiger partial charge in [-0.2, -0.15) is 5.10 Å². The maximum atomic E-state index is 13.2. The van der Waals surface area contributed by atoms with Crippen molar-refractivity contribution in [1.29, 1.82) is 0 Å². The van der Waals surface area contributed by atoms with E-state index in [2.05, 4.69) is 26.3 Å². The maximum absolute atomic E-state index is 13.2. The van der Waals surface area contributed by atoms with Gasteiger partial charge in [-0.15, -0.1) is 0 Å². The fraction of sp³-hybridized carbons (Fsp3) is 0.267. The molecule has 9 nitrogen and oxygen atoms in total. The predicted octanol–water partition coefficient (Wildman–Crippen LogP) is 4.56. The zero-order valence-corrected chi connectivity index (χ0v) is 23.2. The molecule has 0 radical (unpaired) electrons. The van der Waals surface area contributed by atoms with Crippen LogP contribution in [0.4, 0.5) is 5.69 Å². The van der Waals surface area contributed by atoms with Gasteiger partial charge in [-0.1, -0.05) is 29.5 Å². The van der Waals surface area contributed by atoms with Crippen LogP contribution in [0.3, 0.4) is 0 Å². The van der Waals surface area contributed by atoms with Crippen LogP contribution in [0.2, 0.25) is 0 Å². The van der Waals surface area contributed by atoms with Gasteiger partial charge in [0.15, 0.2) is 0 Å². The number of pyridine rings is 1. The second kappa shape index (κ2) is 12.1. The molecule has 0 bridgehead atoms. The Morgan fingerprint density at radius 3 is 2.70 bits per heavy atom. The average Bonchev–Trinajstić information content (AvgIpc) is 3.68. The van der Waals surface area contributed by atoms with Gasteiger partial charge in [0.25, 0.3) is 5.91 Å². The lowest BCUT2D eigenvalue weighted by Gasteiger charge is -2.34. The summed E-state index contributed by atoms with van der Waals surface area (Å²) in [6.07, 6.45) is 5.52. The number of hydrogen-bond acceptors (Lipinski definition) is 8. The highest BCUT2D eigenvalue weighted by Crippen LogP contribution is 2.34. The molecule has 6 rings (SSSR count). The van der Waals surface area contributed by atoms with Crippen LogP contribution in [-0.2, 0) is 11.3 Å². The standard InChI is InChI=1S/C30H31N7O2S/c1-39-17-16-35-12-14-36(15-13-35)21-22-18-27-30(31-20-22)40-29(34-27)25-8-2-3-9-26(25)33-28(38)23-6-4-7-24(19-23)37-11-5-10-32-37/h2-11,18-20H,12-17,21H2,1H3,(H,33,38). The summed E-state index contributed by atoms with van der Waals surface area (Å²) in [6, 6.07) is 19.2. The first-order valence-electron chi connectivity index (χ1n) is 13.4. The van der Waals surface area contributed by atoms with E-state index in [-0.39, 0.29) is 5.91 Å². The maximum Gasteiger partial charge on any atom is 0.255 e. The number of rotatable bonds is 9. The normalized spacial score (nSPS) is 14.5. The van der Waals surface area contributed by atoms with Crippen molar-refractivity contribution in [2.24, 2.45) is 0 Å². The minimum Gasteiger partial charge on any atom is -0.383 e. The zero-order chi connectivity index (χ0) is 27.3. The Labute approximate surface area is 237 Å². The molecule has 1 saturated heterocycles. The number of benzene rings is 2. The molecule has 2 aromatic carbocycles. The summed E-state index contributed by atoms with van der Waals surface area (Å²) < 4.78 is 6.94. The van der Waals surface area contributed by atoms with Crippen LogP contribution < -0.4 is 5.32 Å². The fourth-order valence-corrected chi connectivity index (χ4v) is 5.83. The van der Waals surface area contributed by atoms with E-state index in [1.807, 2.05) is 60.9 Å². The third-order valence-electron chi connectivity index (χ3n) is 7.07. The van der Waals surface area contributed by atoms with E-state index in [4.69, 9.17) is 14.7 Å². The van der Waals surface area contributed by atoms with Crippen LogP contribution in [0.1, 0.15) is 15.9 Å².